The number of aromatic hydroxyl groups is 1. The van der Waals surface area contributed by atoms with Crippen LogP contribution < -0.4 is 5.32 Å². The number of hydrogen-bond acceptors (Lipinski definition) is 3. The molecule has 0 heterocycles. The molecule has 0 radical (unpaired) electrons. The van der Waals surface area contributed by atoms with Crippen LogP contribution in [0, 0.1) is 0 Å². The third kappa shape index (κ3) is 2.64. The molecule has 0 aliphatic heterocycles. The van der Waals surface area contributed by atoms with Crippen LogP contribution in [-0.2, 0) is 11.2 Å². The van der Waals surface area contributed by atoms with Gasteiger partial charge in [-0.3, -0.25) is 4.79 Å². The molecule has 4 heteroatoms. The van der Waals surface area contributed by atoms with Crippen LogP contribution in [-0.4, -0.2) is 36.6 Å². The van der Waals surface area contributed by atoms with Gasteiger partial charge in [-0.1, -0.05) is 12.1 Å². The molecule has 1 aromatic carbocycles. The number of amides is 1. The van der Waals surface area contributed by atoms with Crippen LogP contribution in [0.3, 0.4) is 0 Å². The highest BCUT2D eigenvalue weighted by molar-refractivity contribution is 5.75. The summed E-state index contributed by atoms with van der Waals surface area (Å²) in [5, 5.41) is 13.1. The summed E-state index contributed by atoms with van der Waals surface area (Å²) >= 11 is 0. The number of phenolic OH excluding ortho intramolecular Hbond substituents is 1. The zero-order valence-electron chi connectivity index (χ0n) is 10.9. The zero-order valence-corrected chi connectivity index (χ0v) is 10.9. The molecule has 0 spiro atoms. The van der Waals surface area contributed by atoms with Crippen molar-refractivity contribution < 1.29 is 9.90 Å². The van der Waals surface area contributed by atoms with E-state index in [0.717, 1.165) is 18.4 Å². The molecule has 1 atom stereocenters. The minimum atomic E-state index is 0.136. The van der Waals surface area contributed by atoms with E-state index in [1.54, 1.807) is 25.1 Å². The lowest BCUT2D eigenvalue weighted by atomic mass is 10.1. The van der Waals surface area contributed by atoms with Crippen LogP contribution in [0.15, 0.2) is 18.2 Å². The predicted molar refractivity (Wildman–Crippen MR) is 70.5 cm³/mol. The Hall–Kier alpha value is -1.55. The molecule has 1 amide bonds. The summed E-state index contributed by atoms with van der Waals surface area (Å²) in [5.41, 5.74) is 2.22. The first kappa shape index (κ1) is 12.9. The SMILES string of the molecule is CN(C)C(=O)CCNC1CCc2c(O)cccc21. The average molecular weight is 248 g/mol. The number of carbonyl (C=O) groups excluding carboxylic acids is 1. The normalized spacial score (nSPS) is 17.6. The van der Waals surface area contributed by atoms with Gasteiger partial charge in [-0.15, -0.1) is 0 Å². The second kappa shape index (κ2) is 5.40. The first-order chi connectivity index (χ1) is 8.59. The van der Waals surface area contributed by atoms with Gasteiger partial charge in [0.2, 0.25) is 5.91 Å². The second-order valence-corrected chi connectivity index (χ2v) is 4.93. The third-order valence-corrected chi connectivity index (χ3v) is 3.47. The summed E-state index contributed by atoms with van der Waals surface area (Å²) in [4.78, 5) is 13.1. The van der Waals surface area contributed by atoms with Gasteiger partial charge in [0, 0.05) is 33.1 Å². The maximum atomic E-state index is 11.5. The molecule has 0 bridgehead atoms. The predicted octanol–water partition coefficient (Wildman–Crippen LogP) is 1.45. The topological polar surface area (TPSA) is 52.6 Å². The summed E-state index contributed by atoms with van der Waals surface area (Å²) < 4.78 is 0. The van der Waals surface area contributed by atoms with Crippen LogP contribution in [0.1, 0.15) is 30.0 Å². The van der Waals surface area contributed by atoms with E-state index in [9.17, 15) is 9.90 Å². The first-order valence-electron chi connectivity index (χ1n) is 6.34. The summed E-state index contributed by atoms with van der Waals surface area (Å²) in [6.07, 6.45) is 2.40. The van der Waals surface area contributed by atoms with E-state index in [1.165, 1.54) is 5.56 Å². The molecule has 1 aliphatic carbocycles. The van der Waals surface area contributed by atoms with Crippen LogP contribution in [0.4, 0.5) is 0 Å². The molecule has 18 heavy (non-hydrogen) atoms. The summed E-state index contributed by atoms with van der Waals surface area (Å²) in [6, 6.07) is 5.92. The van der Waals surface area contributed by atoms with E-state index in [-0.39, 0.29) is 11.9 Å². The Balaban J connectivity index is 1.91. The molecule has 0 fully saturated rings. The lowest BCUT2D eigenvalue weighted by Crippen LogP contribution is -2.28. The smallest absolute Gasteiger partial charge is 0.223 e. The number of phenols is 1. The second-order valence-electron chi connectivity index (χ2n) is 4.93. The van der Waals surface area contributed by atoms with Gasteiger partial charge in [0.15, 0.2) is 0 Å². The van der Waals surface area contributed by atoms with Crippen molar-refractivity contribution in [1.82, 2.24) is 10.2 Å². The van der Waals surface area contributed by atoms with Crippen molar-refractivity contribution in [3.05, 3.63) is 29.3 Å². The highest BCUT2D eigenvalue weighted by atomic mass is 16.3. The van der Waals surface area contributed by atoms with Crippen molar-refractivity contribution in [2.75, 3.05) is 20.6 Å². The first-order valence-corrected chi connectivity index (χ1v) is 6.34. The summed E-state index contributed by atoms with van der Waals surface area (Å²) in [7, 11) is 3.54. The largest absolute Gasteiger partial charge is 0.508 e. The van der Waals surface area contributed by atoms with E-state index in [1.807, 2.05) is 12.1 Å². The molecule has 2 rings (SSSR count). The number of benzene rings is 1. The van der Waals surface area contributed by atoms with E-state index < -0.39 is 0 Å². The van der Waals surface area contributed by atoms with Crippen molar-refractivity contribution in [3.63, 3.8) is 0 Å². The Morgan fingerprint density at radius 3 is 3.00 bits per heavy atom. The quantitative estimate of drug-likeness (QED) is 0.848. The van der Waals surface area contributed by atoms with Gasteiger partial charge in [0.05, 0.1) is 0 Å². The Labute approximate surface area is 108 Å². The Morgan fingerprint density at radius 1 is 1.50 bits per heavy atom. The molecule has 1 aromatic rings. The van der Waals surface area contributed by atoms with Gasteiger partial charge in [-0.05, 0) is 30.0 Å². The lowest BCUT2D eigenvalue weighted by molar-refractivity contribution is -0.128. The van der Waals surface area contributed by atoms with Crippen molar-refractivity contribution in [3.8, 4) is 5.75 Å². The molecule has 1 unspecified atom stereocenters. The minimum absolute atomic E-state index is 0.136. The van der Waals surface area contributed by atoms with Crippen LogP contribution in [0.25, 0.3) is 0 Å². The minimum Gasteiger partial charge on any atom is -0.508 e. The van der Waals surface area contributed by atoms with Crippen molar-refractivity contribution in [2.45, 2.75) is 25.3 Å². The van der Waals surface area contributed by atoms with Gasteiger partial charge in [-0.25, -0.2) is 0 Å². The standard InChI is InChI=1S/C14H20N2O2/c1-16(2)14(18)8-9-15-12-7-6-11-10(12)4-3-5-13(11)17/h3-5,12,15,17H,6-9H2,1-2H3. The van der Waals surface area contributed by atoms with Crippen LogP contribution in [0.5, 0.6) is 5.75 Å². The number of hydrogen-bond donors (Lipinski definition) is 2. The van der Waals surface area contributed by atoms with Gasteiger partial charge in [-0.2, -0.15) is 0 Å². The van der Waals surface area contributed by atoms with Crippen molar-refractivity contribution >= 4 is 5.91 Å². The van der Waals surface area contributed by atoms with Crippen molar-refractivity contribution in [1.29, 1.82) is 0 Å². The van der Waals surface area contributed by atoms with E-state index in [2.05, 4.69) is 5.32 Å². The summed E-state index contributed by atoms with van der Waals surface area (Å²) in [5.74, 6) is 0.526. The Morgan fingerprint density at radius 2 is 2.28 bits per heavy atom. The monoisotopic (exact) mass is 248 g/mol. The molecule has 0 aromatic heterocycles. The molecule has 0 saturated heterocycles. The Kier molecular flexibility index (Phi) is 3.87. The maximum absolute atomic E-state index is 11.5. The highest BCUT2D eigenvalue weighted by Gasteiger charge is 2.24. The van der Waals surface area contributed by atoms with Gasteiger partial charge in [0.1, 0.15) is 5.75 Å². The fourth-order valence-corrected chi connectivity index (χ4v) is 2.42. The van der Waals surface area contributed by atoms with Crippen LogP contribution >= 0.6 is 0 Å². The number of nitrogens with zero attached hydrogens (tertiary/aromatic N) is 1. The maximum Gasteiger partial charge on any atom is 0.223 e. The lowest BCUT2D eigenvalue weighted by Gasteiger charge is -2.15. The molecular weight excluding hydrogens is 228 g/mol. The molecule has 0 saturated carbocycles. The fraction of sp³-hybridized carbons (Fsp3) is 0.500. The molecule has 1 aliphatic rings. The number of nitrogens with one attached hydrogen (secondary N) is 1. The number of rotatable bonds is 4. The van der Waals surface area contributed by atoms with Gasteiger partial charge < -0.3 is 15.3 Å². The zero-order chi connectivity index (χ0) is 13.1. The molecule has 2 N–H and O–H groups in total. The van der Waals surface area contributed by atoms with Crippen LogP contribution in [0.2, 0.25) is 0 Å². The van der Waals surface area contributed by atoms with E-state index in [4.69, 9.17) is 0 Å². The number of fused-ring (bicyclic) bond motifs is 1. The molecular formula is C14H20N2O2. The highest BCUT2D eigenvalue weighted by Crippen LogP contribution is 2.36. The van der Waals surface area contributed by atoms with E-state index >= 15 is 0 Å². The van der Waals surface area contributed by atoms with Crippen molar-refractivity contribution in [2.24, 2.45) is 0 Å². The molecule has 98 valence electrons. The van der Waals surface area contributed by atoms with E-state index in [0.29, 0.717) is 18.7 Å². The Bertz CT molecular complexity index is 443. The number of carbonyl (C=O) groups is 1. The fourth-order valence-electron chi connectivity index (χ4n) is 2.42. The average Bonchev–Trinajstić information content (AvgIpc) is 2.74. The molecule has 4 nitrogen and oxygen atoms in total. The third-order valence-electron chi connectivity index (χ3n) is 3.47. The van der Waals surface area contributed by atoms with Gasteiger partial charge >= 0.3 is 0 Å². The van der Waals surface area contributed by atoms with Gasteiger partial charge in [0.25, 0.3) is 0 Å². The summed E-state index contributed by atoms with van der Waals surface area (Å²) in [6.45, 7) is 0.677.